The number of hydrogen-bond donors (Lipinski definition) is 0. The number of rotatable bonds is 1. The Morgan fingerprint density at radius 3 is 2.67 bits per heavy atom. The van der Waals surface area contributed by atoms with Crippen molar-refractivity contribution in [2.75, 3.05) is 0 Å². The molecule has 15 heavy (non-hydrogen) atoms. The summed E-state index contributed by atoms with van der Waals surface area (Å²) in [5.41, 5.74) is 1.01. The van der Waals surface area contributed by atoms with Gasteiger partial charge < -0.3 is 0 Å². The Morgan fingerprint density at radius 1 is 1.27 bits per heavy atom. The lowest BCUT2D eigenvalue weighted by Crippen LogP contribution is -2.22. The highest BCUT2D eigenvalue weighted by atomic mass is 35.5. The van der Waals surface area contributed by atoms with Crippen LogP contribution in [0.5, 0.6) is 0 Å². The van der Waals surface area contributed by atoms with E-state index in [4.69, 9.17) is 11.6 Å². The molecule has 1 unspecified atom stereocenters. The van der Waals surface area contributed by atoms with Gasteiger partial charge in [0.2, 0.25) is 0 Å². The molecule has 0 saturated heterocycles. The third-order valence-corrected chi connectivity index (χ3v) is 3.51. The molecular weight excluding hydrogens is 208 g/mol. The Bertz CT molecular complexity index is 373. The van der Waals surface area contributed by atoms with Crippen LogP contribution in [0.25, 0.3) is 0 Å². The summed E-state index contributed by atoms with van der Waals surface area (Å²) in [7, 11) is 0. The van der Waals surface area contributed by atoms with E-state index >= 15 is 0 Å². The topological polar surface area (TPSA) is 17.1 Å². The quantitative estimate of drug-likeness (QED) is 0.706. The fraction of sp³-hybridized carbons (Fsp3) is 0.462. The molecule has 0 aromatic heterocycles. The van der Waals surface area contributed by atoms with E-state index in [1.54, 1.807) is 0 Å². The second-order valence-corrected chi connectivity index (χ2v) is 4.83. The van der Waals surface area contributed by atoms with E-state index < -0.39 is 0 Å². The van der Waals surface area contributed by atoms with Crippen molar-refractivity contribution >= 4 is 17.4 Å². The lowest BCUT2D eigenvalue weighted by Gasteiger charge is -2.25. The number of halogens is 1. The Kier molecular flexibility index (Phi) is 3.11. The predicted octanol–water partition coefficient (Wildman–Crippen LogP) is 3.81. The van der Waals surface area contributed by atoms with Crippen molar-refractivity contribution in [1.29, 1.82) is 0 Å². The van der Waals surface area contributed by atoms with Crippen molar-refractivity contribution in [3.05, 3.63) is 34.9 Å². The van der Waals surface area contributed by atoms with Gasteiger partial charge in [0.1, 0.15) is 5.78 Å². The number of carbonyl (C=O) groups excluding carboxylic acids is 1. The van der Waals surface area contributed by atoms with Gasteiger partial charge in [0.05, 0.1) is 0 Å². The summed E-state index contributed by atoms with van der Waals surface area (Å²) in [5, 5.41) is 0.727. The highest BCUT2D eigenvalue weighted by molar-refractivity contribution is 6.31. The van der Waals surface area contributed by atoms with Crippen LogP contribution in [-0.2, 0) is 4.79 Å². The number of benzene rings is 1. The normalized spacial score (nSPS) is 26.7. The van der Waals surface area contributed by atoms with Crippen molar-refractivity contribution in [3.63, 3.8) is 0 Å². The van der Waals surface area contributed by atoms with Crippen LogP contribution in [-0.4, -0.2) is 5.78 Å². The number of ketones is 1. The van der Waals surface area contributed by atoms with E-state index in [2.05, 4.69) is 6.92 Å². The van der Waals surface area contributed by atoms with Gasteiger partial charge in [-0.15, -0.1) is 0 Å². The molecule has 1 aliphatic rings. The zero-order chi connectivity index (χ0) is 10.8. The molecule has 0 N–H and O–H groups in total. The smallest absolute Gasteiger partial charge is 0.140 e. The molecule has 0 amide bonds. The minimum atomic E-state index is 0.0369. The summed E-state index contributed by atoms with van der Waals surface area (Å²) >= 11 is 6.11. The van der Waals surface area contributed by atoms with Gasteiger partial charge >= 0.3 is 0 Å². The first-order chi connectivity index (χ1) is 7.18. The molecule has 80 valence electrons. The highest BCUT2D eigenvalue weighted by Crippen LogP contribution is 2.35. The van der Waals surface area contributed by atoms with E-state index in [1.165, 1.54) is 0 Å². The summed E-state index contributed by atoms with van der Waals surface area (Å²) in [5.74, 6) is 0.924. The number of carbonyl (C=O) groups is 1. The zero-order valence-corrected chi connectivity index (χ0v) is 9.63. The minimum Gasteiger partial charge on any atom is -0.299 e. The monoisotopic (exact) mass is 222 g/mol. The average molecular weight is 223 g/mol. The first kappa shape index (κ1) is 10.7. The maximum Gasteiger partial charge on any atom is 0.140 e. The molecule has 2 heteroatoms. The van der Waals surface area contributed by atoms with Crippen molar-refractivity contribution in [3.8, 4) is 0 Å². The Labute approximate surface area is 95.4 Å². The van der Waals surface area contributed by atoms with Crippen LogP contribution in [0.2, 0.25) is 5.02 Å². The van der Waals surface area contributed by atoms with Crippen molar-refractivity contribution in [2.45, 2.75) is 32.1 Å². The van der Waals surface area contributed by atoms with Crippen LogP contribution >= 0.6 is 11.6 Å². The van der Waals surface area contributed by atoms with E-state index in [9.17, 15) is 4.79 Å². The fourth-order valence-electron chi connectivity index (χ4n) is 2.29. The Hall–Kier alpha value is -0.820. The second kappa shape index (κ2) is 4.36. The minimum absolute atomic E-state index is 0.0369. The predicted molar refractivity (Wildman–Crippen MR) is 62.2 cm³/mol. The maximum atomic E-state index is 11.9. The van der Waals surface area contributed by atoms with Crippen LogP contribution in [0.1, 0.15) is 37.7 Å². The first-order valence-electron chi connectivity index (χ1n) is 5.45. The van der Waals surface area contributed by atoms with Gasteiger partial charge in [0.25, 0.3) is 0 Å². The van der Waals surface area contributed by atoms with Crippen LogP contribution in [0.3, 0.4) is 0 Å². The summed E-state index contributed by atoms with van der Waals surface area (Å²) in [6, 6.07) is 7.69. The van der Waals surface area contributed by atoms with E-state index in [-0.39, 0.29) is 5.92 Å². The van der Waals surface area contributed by atoms with Crippen molar-refractivity contribution < 1.29 is 4.79 Å². The third-order valence-electron chi connectivity index (χ3n) is 3.17. The molecule has 1 aliphatic carbocycles. The molecular formula is C13H15ClO. The van der Waals surface area contributed by atoms with Gasteiger partial charge in [-0.05, 0) is 30.4 Å². The van der Waals surface area contributed by atoms with Gasteiger partial charge in [-0.25, -0.2) is 0 Å². The third kappa shape index (κ3) is 2.23. The lowest BCUT2D eigenvalue weighted by molar-refractivity contribution is -0.123. The van der Waals surface area contributed by atoms with Gasteiger partial charge in [0.15, 0.2) is 0 Å². The summed E-state index contributed by atoms with van der Waals surface area (Å²) in [6.45, 7) is 2.14. The highest BCUT2D eigenvalue weighted by Gasteiger charge is 2.28. The van der Waals surface area contributed by atoms with Gasteiger partial charge in [-0.1, -0.05) is 36.7 Å². The molecule has 1 nitrogen and oxygen atoms in total. The fourth-order valence-corrected chi connectivity index (χ4v) is 2.55. The standard InChI is InChI=1S/C13H15ClO/c1-9-6-7-11(13(15)8-9)10-4-2-3-5-12(10)14/h2-5,9,11H,6-8H2,1H3/t9-,11?/m1/s1. The first-order valence-corrected chi connectivity index (χ1v) is 5.83. The molecule has 1 fully saturated rings. The molecule has 1 aromatic carbocycles. The van der Waals surface area contributed by atoms with Gasteiger partial charge in [-0.2, -0.15) is 0 Å². The molecule has 2 atom stereocenters. The van der Waals surface area contributed by atoms with E-state index in [0.717, 1.165) is 23.4 Å². The Balaban J connectivity index is 2.24. The average Bonchev–Trinajstić information content (AvgIpc) is 2.20. The molecule has 0 bridgehead atoms. The van der Waals surface area contributed by atoms with Gasteiger partial charge in [-0.3, -0.25) is 4.79 Å². The van der Waals surface area contributed by atoms with Crippen molar-refractivity contribution in [2.24, 2.45) is 5.92 Å². The summed E-state index contributed by atoms with van der Waals surface area (Å²) < 4.78 is 0. The molecule has 1 aromatic rings. The number of Topliss-reactive ketones (excluding diaryl/α,β-unsaturated/α-hetero) is 1. The summed E-state index contributed by atoms with van der Waals surface area (Å²) in [6.07, 6.45) is 2.78. The maximum absolute atomic E-state index is 11.9. The molecule has 0 heterocycles. The van der Waals surface area contributed by atoms with Gasteiger partial charge in [0, 0.05) is 17.4 Å². The van der Waals surface area contributed by atoms with Crippen LogP contribution < -0.4 is 0 Å². The summed E-state index contributed by atoms with van der Waals surface area (Å²) in [4.78, 5) is 11.9. The Morgan fingerprint density at radius 2 is 2.00 bits per heavy atom. The van der Waals surface area contributed by atoms with Crippen LogP contribution in [0.15, 0.2) is 24.3 Å². The van der Waals surface area contributed by atoms with Crippen LogP contribution in [0, 0.1) is 5.92 Å². The molecule has 1 saturated carbocycles. The lowest BCUT2D eigenvalue weighted by atomic mass is 9.78. The van der Waals surface area contributed by atoms with Crippen molar-refractivity contribution in [1.82, 2.24) is 0 Å². The zero-order valence-electron chi connectivity index (χ0n) is 8.87. The number of hydrogen-bond acceptors (Lipinski definition) is 1. The van der Waals surface area contributed by atoms with E-state index in [1.807, 2.05) is 24.3 Å². The molecule has 0 radical (unpaired) electrons. The second-order valence-electron chi connectivity index (χ2n) is 4.43. The van der Waals surface area contributed by atoms with Crippen LogP contribution in [0.4, 0.5) is 0 Å². The van der Waals surface area contributed by atoms with E-state index in [0.29, 0.717) is 18.1 Å². The molecule has 0 aliphatic heterocycles. The largest absolute Gasteiger partial charge is 0.299 e. The molecule has 2 rings (SSSR count). The molecule has 0 spiro atoms. The SMILES string of the molecule is C[C@@H]1CCC(c2ccccc2Cl)C(=O)C1.